The van der Waals surface area contributed by atoms with E-state index in [0.717, 1.165) is 96.3 Å². The number of rotatable bonds is 60. The van der Waals surface area contributed by atoms with Crippen LogP contribution < -0.4 is 0 Å². The molecule has 73 heavy (non-hydrogen) atoms. The number of esters is 3. The predicted molar refractivity (Wildman–Crippen MR) is 316 cm³/mol. The van der Waals surface area contributed by atoms with E-state index in [9.17, 15) is 14.4 Å². The van der Waals surface area contributed by atoms with Gasteiger partial charge in [-0.3, -0.25) is 14.4 Å². The molecule has 0 rings (SSSR count). The first-order valence-electron chi connectivity index (χ1n) is 32.5. The third-order valence-corrected chi connectivity index (χ3v) is 14.6. The minimum atomic E-state index is -0.780. The smallest absolute Gasteiger partial charge is 0.306 e. The zero-order valence-electron chi connectivity index (χ0n) is 49.2. The monoisotopic (exact) mass is 1020 g/mol. The summed E-state index contributed by atoms with van der Waals surface area (Å²) in [6.45, 7) is 6.59. The molecule has 0 aliphatic carbocycles. The fraction of sp³-hybridized carbons (Fsp3) is 0.866. The minimum Gasteiger partial charge on any atom is -0.462 e. The van der Waals surface area contributed by atoms with E-state index in [1.807, 2.05) is 0 Å². The Morgan fingerprint density at radius 1 is 0.274 bits per heavy atom. The van der Waals surface area contributed by atoms with Crippen molar-refractivity contribution in [3.05, 3.63) is 36.5 Å². The van der Waals surface area contributed by atoms with Crippen LogP contribution in [0.3, 0.4) is 0 Å². The van der Waals surface area contributed by atoms with Crippen LogP contribution in [0.5, 0.6) is 0 Å². The molecule has 1 unspecified atom stereocenters. The Kier molecular flexibility index (Phi) is 60.2. The normalized spacial score (nSPS) is 12.2. The summed E-state index contributed by atoms with van der Waals surface area (Å²) in [5.74, 6) is -0.883. The summed E-state index contributed by atoms with van der Waals surface area (Å²) in [4.78, 5) is 38.1. The van der Waals surface area contributed by atoms with Crippen LogP contribution >= 0.6 is 0 Å². The van der Waals surface area contributed by atoms with Crippen LogP contribution in [0.15, 0.2) is 36.5 Å². The van der Waals surface area contributed by atoms with Gasteiger partial charge >= 0.3 is 17.9 Å². The van der Waals surface area contributed by atoms with Crippen molar-refractivity contribution in [1.82, 2.24) is 0 Å². The minimum absolute atomic E-state index is 0.0770. The molecule has 0 aromatic carbocycles. The van der Waals surface area contributed by atoms with Crippen molar-refractivity contribution in [3.8, 4) is 0 Å². The van der Waals surface area contributed by atoms with Crippen LogP contribution in [0.25, 0.3) is 0 Å². The zero-order chi connectivity index (χ0) is 52.9. The number of hydrogen-bond donors (Lipinski definition) is 0. The largest absolute Gasteiger partial charge is 0.462 e. The van der Waals surface area contributed by atoms with Crippen LogP contribution in [-0.2, 0) is 28.6 Å². The van der Waals surface area contributed by atoms with Crippen molar-refractivity contribution >= 4 is 17.9 Å². The molecule has 0 N–H and O–H groups in total. The highest BCUT2D eigenvalue weighted by Crippen LogP contribution is 2.18. The maximum absolute atomic E-state index is 12.9. The molecule has 0 amide bonds. The van der Waals surface area contributed by atoms with Gasteiger partial charge in [-0.15, -0.1) is 0 Å². The maximum atomic E-state index is 12.9. The van der Waals surface area contributed by atoms with Gasteiger partial charge in [-0.2, -0.15) is 0 Å². The second kappa shape index (κ2) is 62.2. The highest BCUT2D eigenvalue weighted by Gasteiger charge is 2.19. The number of ether oxygens (including phenoxy) is 3. The van der Waals surface area contributed by atoms with E-state index in [2.05, 4.69) is 57.2 Å². The summed E-state index contributed by atoms with van der Waals surface area (Å²) < 4.78 is 16.9. The molecular weight excluding hydrogens is 901 g/mol. The lowest BCUT2D eigenvalue weighted by atomic mass is 10.0. The summed E-state index contributed by atoms with van der Waals surface area (Å²) in [6, 6.07) is 0. The molecule has 0 aliphatic heterocycles. The van der Waals surface area contributed by atoms with Gasteiger partial charge in [-0.1, -0.05) is 301 Å². The molecule has 0 heterocycles. The average Bonchev–Trinajstić information content (AvgIpc) is 3.39. The first kappa shape index (κ1) is 70.6. The molecule has 0 saturated heterocycles. The molecule has 6 heteroatoms. The van der Waals surface area contributed by atoms with Gasteiger partial charge in [-0.05, 0) is 70.6 Å². The molecule has 0 aromatic rings. The van der Waals surface area contributed by atoms with E-state index in [-0.39, 0.29) is 31.1 Å². The second-order valence-corrected chi connectivity index (χ2v) is 22.0. The van der Waals surface area contributed by atoms with Gasteiger partial charge in [0.05, 0.1) is 0 Å². The quantitative estimate of drug-likeness (QED) is 0.0261. The van der Waals surface area contributed by atoms with Crippen molar-refractivity contribution in [2.75, 3.05) is 13.2 Å². The van der Waals surface area contributed by atoms with Crippen LogP contribution in [-0.4, -0.2) is 37.2 Å². The van der Waals surface area contributed by atoms with Crippen molar-refractivity contribution in [3.63, 3.8) is 0 Å². The van der Waals surface area contributed by atoms with Crippen molar-refractivity contribution < 1.29 is 28.6 Å². The lowest BCUT2D eigenvalue weighted by Crippen LogP contribution is -2.30. The topological polar surface area (TPSA) is 78.9 Å². The summed E-state index contributed by atoms with van der Waals surface area (Å²) in [6.07, 6.45) is 76.1. The van der Waals surface area contributed by atoms with Gasteiger partial charge in [0.25, 0.3) is 0 Å². The second-order valence-electron chi connectivity index (χ2n) is 22.0. The summed E-state index contributed by atoms with van der Waals surface area (Å²) in [5.41, 5.74) is 0. The van der Waals surface area contributed by atoms with E-state index in [1.54, 1.807) is 0 Å². The van der Waals surface area contributed by atoms with Crippen LogP contribution in [0.4, 0.5) is 0 Å². The lowest BCUT2D eigenvalue weighted by molar-refractivity contribution is -0.167. The molecule has 1 atom stereocenters. The van der Waals surface area contributed by atoms with Gasteiger partial charge in [0.2, 0.25) is 0 Å². The van der Waals surface area contributed by atoms with Gasteiger partial charge in [0.15, 0.2) is 6.10 Å². The van der Waals surface area contributed by atoms with Crippen molar-refractivity contribution in [2.24, 2.45) is 0 Å². The maximum Gasteiger partial charge on any atom is 0.306 e. The molecule has 0 aliphatic rings. The molecule has 0 saturated carbocycles. The van der Waals surface area contributed by atoms with Crippen LogP contribution in [0.1, 0.15) is 355 Å². The molecule has 6 nitrogen and oxygen atoms in total. The van der Waals surface area contributed by atoms with Crippen molar-refractivity contribution in [2.45, 2.75) is 361 Å². The van der Waals surface area contributed by atoms with Gasteiger partial charge in [-0.25, -0.2) is 0 Å². The molecule has 0 fully saturated rings. The molecular formula is C67H124O6. The average molecular weight is 1030 g/mol. The number of allylic oxidation sites excluding steroid dienone is 6. The fourth-order valence-electron chi connectivity index (χ4n) is 9.71. The first-order chi connectivity index (χ1) is 36.0. The van der Waals surface area contributed by atoms with E-state index >= 15 is 0 Å². The summed E-state index contributed by atoms with van der Waals surface area (Å²) in [5, 5.41) is 0. The SMILES string of the molecule is CCC/C=C\CCCCCCCC(=O)OCC(COC(=O)CCCCCCCCCCCCCCCCCCCCCCCCCCCCCCC)OC(=O)CCCCCCC/C=C\C/C=C\CCCCCC. The summed E-state index contributed by atoms with van der Waals surface area (Å²) >= 11 is 0. The summed E-state index contributed by atoms with van der Waals surface area (Å²) in [7, 11) is 0. The molecule has 428 valence electrons. The Hall–Kier alpha value is -2.37. The number of carbonyl (C=O) groups is 3. The number of carbonyl (C=O) groups excluding carboxylic acids is 3. The Bertz CT molecular complexity index is 1220. The Labute approximate surface area is 455 Å². The van der Waals surface area contributed by atoms with E-state index < -0.39 is 6.10 Å². The molecule has 0 bridgehead atoms. The van der Waals surface area contributed by atoms with Crippen molar-refractivity contribution in [1.29, 1.82) is 0 Å². The Morgan fingerprint density at radius 3 is 0.836 bits per heavy atom. The highest BCUT2D eigenvalue weighted by atomic mass is 16.6. The van der Waals surface area contributed by atoms with Gasteiger partial charge in [0, 0.05) is 19.3 Å². The number of hydrogen-bond acceptors (Lipinski definition) is 6. The number of unbranched alkanes of at least 4 members (excludes halogenated alkanes) is 43. The first-order valence-corrected chi connectivity index (χ1v) is 32.5. The Balaban J connectivity index is 4.10. The van der Waals surface area contributed by atoms with Gasteiger partial charge in [0.1, 0.15) is 13.2 Å². The van der Waals surface area contributed by atoms with E-state index in [0.29, 0.717) is 19.3 Å². The third kappa shape index (κ3) is 60.4. The fourth-order valence-corrected chi connectivity index (χ4v) is 9.71. The van der Waals surface area contributed by atoms with Crippen LogP contribution in [0.2, 0.25) is 0 Å². The standard InChI is InChI=1S/C67H124O6/c1-4-7-10-13-16-19-22-24-26-28-29-30-31-32-33-34-35-36-37-38-39-40-42-43-45-48-51-54-57-60-66(69)72-63-64(62-71-65(68)59-56-53-50-47-21-18-15-12-9-6-3)73-67(70)61-58-55-52-49-46-44-41-27-25-23-20-17-14-11-8-5-2/h12,15,20,23,27,41,64H,4-11,13-14,16-19,21-22,24-26,28-40,42-63H2,1-3H3/b15-12-,23-20-,41-27-. The third-order valence-electron chi connectivity index (χ3n) is 14.6. The highest BCUT2D eigenvalue weighted by molar-refractivity contribution is 5.71. The lowest BCUT2D eigenvalue weighted by Gasteiger charge is -2.18. The Morgan fingerprint density at radius 2 is 0.521 bits per heavy atom. The van der Waals surface area contributed by atoms with E-state index in [1.165, 1.54) is 218 Å². The molecule has 0 spiro atoms. The molecule has 0 aromatic heterocycles. The van der Waals surface area contributed by atoms with Crippen LogP contribution in [0, 0.1) is 0 Å². The molecule has 0 radical (unpaired) electrons. The van der Waals surface area contributed by atoms with Gasteiger partial charge < -0.3 is 14.2 Å². The zero-order valence-corrected chi connectivity index (χ0v) is 49.2. The van der Waals surface area contributed by atoms with E-state index in [4.69, 9.17) is 14.2 Å². The predicted octanol–water partition coefficient (Wildman–Crippen LogP) is 22.0.